The van der Waals surface area contributed by atoms with Gasteiger partial charge >= 0.3 is 5.97 Å². The molecule has 0 aliphatic rings. The first-order valence-corrected chi connectivity index (χ1v) is 5.17. The molecule has 7 heteroatoms. The molecule has 0 aliphatic carbocycles. The topological polar surface area (TPSA) is 74.8 Å². The van der Waals surface area contributed by atoms with E-state index in [1.54, 1.807) is 12.1 Å². The Morgan fingerprint density at radius 2 is 2.18 bits per heavy atom. The number of carbonyl (C=O) groups excluding carboxylic acids is 1. The second-order valence-corrected chi connectivity index (χ2v) is 3.68. The zero-order chi connectivity index (χ0) is 12.8. The highest BCUT2D eigenvalue weighted by Crippen LogP contribution is 2.26. The first kappa shape index (κ1) is 13.4. The molecule has 0 N–H and O–H groups in total. The van der Waals surface area contributed by atoms with Crippen LogP contribution in [0.15, 0.2) is 28.4 Å². The van der Waals surface area contributed by atoms with Gasteiger partial charge in [0.25, 0.3) is 6.04 Å². The average Bonchev–Trinajstić information content (AvgIpc) is 2.33. The standard InChI is InChI=1S/C10H7Cl2N3O2/c1-17-10(16)9(5-13)15-14-6-2-3-7(11)8(12)4-6/h2-4,9H,1H3. The summed E-state index contributed by atoms with van der Waals surface area (Å²) in [6.07, 6.45) is 0. The lowest BCUT2D eigenvalue weighted by Crippen LogP contribution is -2.17. The highest BCUT2D eigenvalue weighted by atomic mass is 35.5. The maximum atomic E-state index is 11.0. The van der Waals surface area contributed by atoms with Gasteiger partial charge in [-0.3, -0.25) is 0 Å². The Balaban J connectivity index is 2.86. The van der Waals surface area contributed by atoms with Crippen molar-refractivity contribution in [1.29, 1.82) is 5.26 Å². The molecule has 0 fully saturated rings. The first-order valence-electron chi connectivity index (χ1n) is 4.42. The van der Waals surface area contributed by atoms with Crippen molar-refractivity contribution in [1.82, 2.24) is 0 Å². The summed E-state index contributed by atoms with van der Waals surface area (Å²) in [5, 5.41) is 16.6. The predicted molar refractivity (Wildman–Crippen MR) is 62.4 cm³/mol. The molecule has 1 aromatic rings. The van der Waals surface area contributed by atoms with Crippen LogP contribution in [0.2, 0.25) is 10.0 Å². The highest BCUT2D eigenvalue weighted by Gasteiger charge is 2.16. The lowest BCUT2D eigenvalue weighted by Gasteiger charge is -2.00. The van der Waals surface area contributed by atoms with Gasteiger partial charge in [-0.1, -0.05) is 23.2 Å². The minimum Gasteiger partial charge on any atom is -0.467 e. The molecule has 1 atom stereocenters. The van der Waals surface area contributed by atoms with Crippen molar-refractivity contribution in [2.75, 3.05) is 7.11 Å². The van der Waals surface area contributed by atoms with Crippen molar-refractivity contribution in [2.24, 2.45) is 10.2 Å². The number of methoxy groups -OCH3 is 1. The molecular weight excluding hydrogens is 265 g/mol. The average molecular weight is 272 g/mol. The first-order chi connectivity index (χ1) is 8.08. The Bertz CT molecular complexity index is 497. The van der Waals surface area contributed by atoms with Gasteiger partial charge in [-0.15, -0.1) is 0 Å². The van der Waals surface area contributed by atoms with Gasteiger partial charge in [0, 0.05) is 0 Å². The van der Waals surface area contributed by atoms with Crippen molar-refractivity contribution in [3.63, 3.8) is 0 Å². The van der Waals surface area contributed by atoms with Crippen LogP contribution in [0.25, 0.3) is 0 Å². The Labute approximate surface area is 108 Å². The van der Waals surface area contributed by atoms with E-state index in [0.717, 1.165) is 0 Å². The SMILES string of the molecule is COC(=O)C(C#N)N=Nc1ccc(Cl)c(Cl)c1. The summed E-state index contributed by atoms with van der Waals surface area (Å²) in [5.74, 6) is -0.767. The van der Waals surface area contributed by atoms with E-state index < -0.39 is 12.0 Å². The van der Waals surface area contributed by atoms with Gasteiger partial charge in [-0.2, -0.15) is 15.5 Å². The van der Waals surface area contributed by atoms with Crippen LogP contribution in [0.1, 0.15) is 0 Å². The minimum atomic E-state index is -1.28. The summed E-state index contributed by atoms with van der Waals surface area (Å²) in [7, 11) is 1.17. The number of nitriles is 1. The van der Waals surface area contributed by atoms with Crippen LogP contribution in [-0.4, -0.2) is 19.1 Å². The third kappa shape index (κ3) is 3.70. The van der Waals surface area contributed by atoms with E-state index in [0.29, 0.717) is 15.7 Å². The van der Waals surface area contributed by atoms with Crippen LogP contribution in [-0.2, 0) is 9.53 Å². The van der Waals surface area contributed by atoms with E-state index in [1.165, 1.54) is 19.2 Å². The Kier molecular flexibility index (Phi) is 4.88. The molecule has 17 heavy (non-hydrogen) atoms. The zero-order valence-corrected chi connectivity index (χ0v) is 10.2. The number of nitrogens with zero attached hydrogens (tertiary/aromatic N) is 3. The predicted octanol–water partition coefficient (Wildman–Crippen LogP) is 3.14. The monoisotopic (exact) mass is 271 g/mol. The third-order valence-electron chi connectivity index (χ3n) is 1.74. The van der Waals surface area contributed by atoms with Gasteiger partial charge in [0.2, 0.25) is 0 Å². The van der Waals surface area contributed by atoms with Crippen molar-refractivity contribution >= 4 is 34.9 Å². The van der Waals surface area contributed by atoms with E-state index in [9.17, 15) is 4.79 Å². The molecule has 0 bridgehead atoms. The van der Waals surface area contributed by atoms with Gasteiger partial charge in [0.1, 0.15) is 6.07 Å². The van der Waals surface area contributed by atoms with E-state index in [2.05, 4.69) is 15.0 Å². The summed E-state index contributed by atoms with van der Waals surface area (Å²) in [5.41, 5.74) is 0.392. The second kappa shape index (κ2) is 6.18. The van der Waals surface area contributed by atoms with Crippen LogP contribution < -0.4 is 0 Å². The number of esters is 1. The van der Waals surface area contributed by atoms with Crippen molar-refractivity contribution in [3.8, 4) is 6.07 Å². The van der Waals surface area contributed by atoms with Gasteiger partial charge in [0.05, 0.1) is 22.8 Å². The molecule has 0 saturated carbocycles. The molecule has 88 valence electrons. The minimum absolute atomic E-state index is 0.315. The lowest BCUT2D eigenvalue weighted by molar-refractivity contribution is -0.140. The van der Waals surface area contributed by atoms with Crippen molar-refractivity contribution in [2.45, 2.75) is 6.04 Å². The summed E-state index contributed by atoms with van der Waals surface area (Å²) in [6, 6.07) is 4.94. The number of halogens is 2. The fourth-order valence-electron chi connectivity index (χ4n) is 0.909. The number of hydrogen-bond donors (Lipinski definition) is 0. The number of rotatable bonds is 3. The number of carbonyl (C=O) groups is 1. The normalized spacial score (nSPS) is 12.1. The molecule has 0 aromatic heterocycles. The summed E-state index contributed by atoms with van der Waals surface area (Å²) in [6.45, 7) is 0. The molecular formula is C10H7Cl2N3O2. The molecule has 1 aromatic carbocycles. The van der Waals surface area contributed by atoms with Crippen LogP contribution >= 0.6 is 23.2 Å². The van der Waals surface area contributed by atoms with Crippen LogP contribution in [0.4, 0.5) is 5.69 Å². The molecule has 0 spiro atoms. The second-order valence-electron chi connectivity index (χ2n) is 2.87. The molecule has 5 nitrogen and oxygen atoms in total. The quantitative estimate of drug-likeness (QED) is 0.626. The van der Waals surface area contributed by atoms with Crippen molar-refractivity contribution in [3.05, 3.63) is 28.2 Å². The maximum absolute atomic E-state index is 11.0. The molecule has 0 saturated heterocycles. The van der Waals surface area contributed by atoms with Crippen LogP contribution in [0.5, 0.6) is 0 Å². The molecule has 1 rings (SSSR count). The highest BCUT2D eigenvalue weighted by molar-refractivity contribution is 6.42. The van der Waals surface area contributed by atoms with Crippen molar-refractivity contribution < 1.29 is 9.53 Å². The van der Waals surface area contributed by atoms with E-state index in [1.807, 2.05) is 0 Å². The molecule has 0 radical (unpaired) electrons. The lowest BCUT2D eigenvalue weighted by atomic mass is 10.3. The summed E-state index contributed by atoms with van der Waals surface area (Å²) >= 11 is 11.5. The van der Waals surface area contributed by atoms with Gasteiger partial charge in [-0.25, -0.2) is 4.79 Å². The summed E-state index contributed by atoms with van der Waals surface area (Å²) < 4.78 is 4.37. The Hall–Kier alpha value is -1.64. The van der Waals surface area contributed by atoms with Gasteiger partial charge in [0.15, 0.2) is 0 Å². The molecule has 0 heterocycles. The van der Waals surface area contributed by atoms with Crippen LogP contribution in [0, 0.1) is 11.3 Å². The number of azo groups is 1. The molecule has 0 amide bonds. The molecule has 1 unspecified atom stereocenters. The van der Waals surface area contributed by atoms with E-state index in [4.69, 9.17) is 28.5 Å². The number of hydrogen-bond acceptors (Lipinski definition) is 5. The number of ether oxygens (including phenoxy) is 1. The fraction of sp³-hybridized carbons (Fsp3) is 0.200. The Morgan fingerprint density at radius 1 is 1.47 bits per heavy atom. The Morgan fingerprint density at radius 3 is 2.71 bits per heavy atom. The fourth-order valence-corrected chi connectivity index (χ4v) is 1.20. The maximum Gasteiger partial charge on any atom is 0.347 e. The number of benzene rings is 1. The van der Waals surface area contributed by atoms with Crippen LogP contribution in [0.3, 0.4) is 0 Å². The van der Waals surface area contributed by atoms with Gasteiger partial charge in [-0.05, 0) is 18.2 Å². The molecule has 0 aliphatic heterocycles. The zero-order valence-electron chi connectivity index (χ0n) is 8.72. The van der Waals surface area contributed by atoms with E-state index in [-0.39, 0.29) is 0 Å². The smallest absolute Gasteiger partial charge is 0.347 e. The van der Waals surface area contributed by atoms with Gasteiger partial charge < -0.3 is 4.74 Å². The summed E-state index contributed by atoms with van der Waals surface area (Å²) in [4.78, 5) is 11.0. The third-order valence-corrected chi connectivity index (χ3v) is 2.48. The van der Waals surface area contributed by atoms with E-state index >= 15 is 0 Å². The largest absolute Gasteiger partial charge is 0.467 e.